The van der Waals surface area contributed by atoms with Gasteiger partial charge in [0.2, 0.25) is 0 Å². The van der Waals surface area contributed by atoms with Gasteiger partial charge in [0.05, 0.1) is 6.04 Å². The molecular weight excluding hydrogens is 293 g/mol. The Morgan fingerprint density at radius 2 is 1.65 bits per heavy atom. The molecule has 2 nitrogen and oxygen atoms in total. The molecule has 2 aromatic heterocycles. The minimum Gasteiger partial charge on any atom is -0.505 e. The number of benzene rings is 1. The van der Waals surface area contributed by atoms with Crippen molar-refractivity contribution in [2.75, 3.05) is 5.32 Å². The summed E-state index contributed by atoms with van der Waals surface area (Å²) >= 11 is 3.31. The zero-order valence-corrected chi connectivity index (χ0v) is 12.0. The van der Waals surface area contributed by atoms with E-state index in [-0.39, 0.29) is 11.8 Å². The maximum Gasteiger partial charge on any atom is 0.166 e. The normalized spacial score (nSPS) is 10.9. The highest BCUT2D eigenvalue weighted by molar-refractivity contribution is 7.11. The topological polar surface area (TPSA) is 32.3 Å². The van der Waals surface area contributed by atoms with E-state index in [0.29, 0.717) is 5.69 Å². The molecule has 5 heteroatoms. The molecule has 3 rings (SSSR count). The molecule has 3 aromatic rings. The second-order valence-electron chi connectivity index (χ2n) is 4.27. The highest BCUT2D eigenvalue weighted by Crippen LogP contribution is 2.33. The lowest BCUT2D eigenvalue weighted by Crippen LogP contribution is -2.09. The summed E-state index contributed by atoms with van der Waals surface area (Å²) in [6, 6.07) is 12.4. The molecule has 1 aromatic carbocycles. The first-order valence-electron chi connectivity index (χ1n) is 6.06. The van der Waals surface area contributed by atoms with Crippen molar-refractivity contribution in [1.82, 2.24) is 0 Å². The van der Waals surface area contributed by atoms with E-state index >= 15 is 0 Å². The zero-order valence-electron chi connectivity index (χ0n) is 10.4. The van der Waals surface area contributed by atoms with Gasteiger partial charge in [0.25, 0.3) is 0 Å². The molecule has 0 aliphatic rings. The van der Waals surface area contributed by atoms with Crippen LogP contribution in [-0.4, -0.2) is 5.11 Å². The van der Waals surface area contributed by atoms with Gasteiger partial charge in [-0.25, -0.2) is 4.39 Å². The molecule has 0 unspecified atom stereocenters. The first-order chi connectivity index (χ1) is 9.74. The summed E-state index contributed by atoms with van der Waals surface area (Å²) in [4.78, 5) is 2.34. The molecule has 0 bridgehead atoms. The van der Waals surface area contributed by atoms with Crippen LogP contribution in [0.4, 0.5) is 10.1 Å². The van der Waals surface area contributed by atoms with Gasteiger partial charge in [0.1, 0.15) is 0 Å². The van der Waals surface area contributed by atoms with Crippen molar-refractivity contribution in [1.29, 1.82) is 0 Å². The molecule has 0 aliphatic carbocycles. The lowest BCUT2D eigenvalue weighted by Gasteiger charge is -2.17. The van der Waals surface area contributed by atoms with Crippen molar-refractivity contribution in [2.24, 2.45) is 0 Å². The van der Waals surface area contributed by atoms with E-state index in [9.17, 15) is 9.50 Å². The van der Waals surface area contributed by atoms with E-state index < -0.39 is 5.82 Å². The van der Waals surface area contributed by atoms with Gasteiger partial charge in [-0.2, -0.15) is 0 Å². The third kappa shape index (κ3) is 2.69. The second kappa shape index (κ2) is 5.64. The standard InChI is InChI=1S/C15H12FNOS2/c16-11-9-10(5-6-12(11)18)17-15(13-3-1-7-19-13)14-4-2-8-20-14/h1-9,15,17-18H. The van der Waals surface area contributed by atoms with Crippen LogP contribution in [0.1, 0.15) is 15.8 Å². The van der Waals surface area contributed by atoms with E-state index in [1.54, 1.807) is 28.7 Å². The largest absolute Gasteiger partial charge is 0.505 e. The summed E-state index contributed by atoms with van der Waals surface area (Å²) in [5, 5.41) is 16.6. The van der Waals surface area contributed by atoms with Gasteiger partial charge in [-0.15, -0.1) is 22.7 Å². The number of hydrogen-bond acceptors (Lipinski definition) is 4. The lowest BCUT2D eigenvalue weighted by atomic mass is 10.2. The van der Waals surface area contributed by atoms with Gasteiger partial charge in [-0.1, -0.05) is 12.1 Å². The summed E-state index contributed by atoms with van der Waals surface area (Å²) in [5.41, 5.74) is 0.645. The van der Waals surface area contributed by atoms with Crippen LogP contribution in [0.5, 0.6) is 5.75 Å². The first-order valence-corrected chi connectivity index (χ1v) is 7.82. The van der Waals surface area contributed by atoms with Gasteiger partial charge in [-0.3, -0.25) is 0 Å². The average molecular weight is 305 g/mol. The highest BCUT2D eigenvalue weighted by atomic mass is 32.1. The molecule has 2 heterocycles. The quantitative estimate of drug-likeness (QED) is 0.675. The Morgan fingerprint density at radius 3 is 2.15 bits per heavy atom. The van der Waals surface area contributed by atoms with E-state index in [0.717, 1.165) is 0 Å². The van der Waals surface area contributed by atoms with Crippen molar-refractivity contribution in [3.05, 3.63) is 68.8 Å². The monoisotopic (exact) mass is 305 g/mol. The number of aromatic hydroxyl groups is 1. The molecule has 2 N–H and O–H groups in total. The van der Waals surface area contributed by atoms with Crippen LogP contribution in [0, 0.1) is 5.82 Å². The SMILES string of the molecule is Oc1ccc(NC(c2cccs2)c2cccs2)cc1F. The summed E-state index contributed by atoms with van der Waals surface area (Å²) in [5.74, 6) is -0.953. The fourth-order valence-electron chi connectivity index (χ4n) is 1.96. The number of rotatable bonds is 4. The predicted octanol–water partition coefficient (Wildman–Crippen LogP) is 4.86. The number of nitrogens with one attached hydrogen (secondary N) is 1. The second-order valence-corrected chi connectivity index (χ2v) is 6.23. The van der Waals surface area contributed by atoms with Crippen LogP contribution in [0.2, 0.25) is 0 Å². The number of thiophene rings is 2. The fourth-order valence-corrected chi connectivity index (χ4v) is 3.62. The Labute approximate surface area is 124 Å². The zero-order chi connectivity index (χ0) is 13.9. The molecule has 0 aliphatic heterocycles. The maximum atomic E-state index is 13.4. The van der Waals surface area contributed by atoms with Crippen LogP contribution in [0.3, 0.4) is 0 Å². The predicted molar refractivity (Wildman–Crippen MR) is 82.2 cm³/mol. The van der Waals surface area contributed by atoms with Crippen LogP contribution >= 0.6 is 22.7 Å². The van der Waals surface area contributed by atoms with Gasteiger partial charge >= 0.3 is 0 Å². The average Bonchev–Trinajstić information content (AvgIpc) is 3.12. The summed E-state index contributed by atoms with van der Waals surface area (Å²) in [7, 11) is 0. The Kier molecular flexibility index (Phi) is 3.71. The number of phenols is 1. The van der Waals surface area contributed by atoms with Gasteiger partial charge in [0.15, 0.2) is 11.6 Å². The van der Waals surface area contributed by atoms with E-state index in [2.05, 4.69) is 17.4 Å². The lowest BCUT2D eigenvalue weighted by molar-refractivity contribution is 0.432. The van der Waals surface area contributed by atoms with E-state index in [1.165, 1.54) is 21.9 Å². The Morgan fingerprint density at radius 1 is 1.00 bits per heavy atom. The molecule has 0 radical (unpaired) electrons. The number of hydrogen-bond donors (Lipinski definition) is 2. The summed E-state index contributed by atoms with van der Waals surface area (Å²) in [6.45, 7) is 0. The minimum absolute atomic E-state index is 0.000979. The minimum atomic E-state index is -0.619. The van der Waals surface area contributed by atoms with Gasteiger partial charge < -0.3 is 10.4 Å². The van der Waals surface area contributed by atoms with Gasteiger partial charge in [0, 0.05) is 21.5 Å². The van der Waals surface area contributed by atoms with Gasteiger partial charge in [-0.05, 0) is 35.0 Å². The Bertz CT molecular complexity index is 646. The van der Waals surface area contributed by atoms with Crippen molar-refractivity contribution >= 4 is 28.4 Å². The molecule has 102 valence electrons. The number of anilines is 1. The van der Waals surface area contributed by atoms with Crippen molar-refractivity contribution in [3.63, 3.8) is 0 Å². The number of halogens is 1. The fraction of sp³-hybridized carbons (Fsp3) is 0.0667. The smallest absolute Gasteiger partial charge is 0.166 e. The first kappa shape index (κ1) is 13.1. The van der Waals surface area contributed by atoms with Crippen LogP contribution in [0.15, 0.2) is 53.2 Å². The highest BCUT2D eigenvalue weighted by Gasteiger charge is 2.16. The molecule has 20 heavy (non-hydrogen) atoms. The molecular formula is C15H12FNOS2. The van der Waals surface area contributed by atoms with Crippen molar-refractivity contribution in [2.45, 2.75) is 6.04 Å². The maximum absolute atomic E-state index is 13.4. The van der Waals surface area contributed by atoms with Crippen LogP contribution in [-0.2, 0) is 0 Å². The summed E-state index contributed by atoms with van der Waals surface area (Å²) in [6.07, 6.45) is 0. The summed E-state index contributed by atoms with van der Waals surface area (Å²) < 4.78 is 13.4. The van der Waals surface area contributed by atoms with Crippen LogP contribution < -0.4 is 5.32 Å². The van der Waals surface area contributed by atoms with Crippen molar-refractivity contribution in [3.8, 4) is 5.75 Å². The molecule has 0 saturated carbocycles. The third-order valence-electron chi connectivity index (χ3n) is 2.91. The molecule has 0 fully saturated rings. The number of phenolic OH excluding ortho intramolecular Hbond substituents is 1. The third-order valence-corrected chi connectivity index (χ3v) is 4.79. The Balaban J connectivity index is 1.92. The van der Waals surface area contributed by atoms with E-state index in [1.807, 2.05) is 22.9 Å². The molecule has 0 amide bonds. The Hall–Kier alpha value is -1.85. The van der Waals surface area contributed by atoms with Crippen molar-refractivity contribution < 1.29 is 9.50 Å². The molecule has 0 atom stereocenters. The molecule has 0 saturated heterocycles. The molecule has 0 spiro atoms. The van der Waals surface area contributed by atoms with E-state index in [4.69, 9.17) is 0 Å². The van der Waals surface area contributed by atoms with Crippen LogP contribution in [0.25, 0.3) is 0 Å².